The Bertz CT molecular complexity index is 624. The minimum absolute atomic E-state index is 0.0725. The number of rotatable bonds is 3. The molecular weight excluding hydrogens is 318 g/mol. The maximum atomic E-state index is 12.0. The number of hydrogen-bond acceptors (Lipinski definition) is 7. The van der Waals surface area contributed by atoms with E-state index in [1.807, 2.05) is 19.0 Å². The van der Waals surface area contributed by atoms with Crippen LogP contribution in [0.3, 0.4) is 0 Å². The molecular formula is C14H21N5O3S. The quantitative estimate of drug-likeness (QED) is 0.858. The molecule has 3 heterocycles. The molecule has 0 unspecified atom stereocenters. The van der Waals surface area contributed by atoms with Crippen LogP contribution in [0.25, 0.3) is 0 Å². The number of carbonyl (C=O) groups is 2. The summed E-state index contributed by atoms with van der Waals surface area (Å²) in [6.45, 7) is 1.37. The largest absolute Gasteiger partial charge is 0.481 e. The number of anilines is 2. The molecule has 1 aromatic rings. The molecule has 126 valence electrons. The summed E-state index contributed by atoms with van der Waals surface area (Å²) in [5, 5.41) is 10.3. The van der Waals surface area contributed by atoms with Gasteiger partial charge in [0.1, 0.15) is 0 Å². The molecule has 2 aliphatic rings. The molecule has 3 rings (SSSR count). The number of hydrogen-bond donors (Lipinski definition) is 1. The molecule has 1 atom stereocenters. The SMILES string of the molecule is CN(C)c1nsc(N2CCC3(CC2)[C@@H](C(=O)O)CC(=O)N3C)n1. The molecule has 0 radical (unpaired) electrons. The zero-order valence-corrected chi connectivity index (χ0v) is 14.3. The molecule has 0 aromatic carbocycles. The van der Waals surface area contributed by atoms with E-state index in [1.165, 1.54) is 11.5 Å². The highest BCUT2D eigenvalue weighted by Crippen LogP contribution is 2.43. The molecule has 1 amide bonds. The zero-order valence-electron chi connectivity index (χ0n) is 13.5. The number of aliphatic carboxylic acids is 1. The number of piperidine rings is 1. The van der Waals surface area contributed by atoms with Gasteiger partial charge in [-0.25, -0.2) is 0 Å². The lowest BCUT2D eigenvalue weighted by Crippen LogP contribution is -2.56. The fourth-order valence-corrected chi connectivity index (χ4v) is 4.38. The van der Waals surface area contributed by atoms with Crippen LogP contribution in [0.15, 0.2) is 0 Å². The van der Waals surface area contributed by atoms with Crippen molar-refractivity contribution in [2.45, 2.75) is 24.8 Å². The Kier molecular flexibility index (Phi) is 3.91. The summed E-state index contributed by atoms with van der Waals surface area (Å²) in [5.41, 5.74) is -0.561. The molecule has 0 aliphatic carbocycles. The topological polar surface area (TPSA) is 89.9 Å². The molecule has 2 saturated heterocycles. The third kappa shape index (κ3) is 2.52. The first-order chi connectivity index (χ1) is 10.8. The van der Waals surface area contributed by atoms with Crippen molar-refractivity contribution in [3.05, 3.63) is 0 Å². The lowest BCUT2D eigenvalue weighted by atomic mass is 9.77. The molecule has 2 aliphatic heterocycles. The predicted octanol–water partition coefficient (Wildman–Crippen LogP) is 0.506. The summed E-state index contributed by atoms with van der Waals surface area (Å²) >= 11 is 1.35. The third-order valence-electron chi connectivity index (χ3n) is 5.07. The maximum Gasteiger partial charge on any atom is 0.309 e. The normalized spacial score (nSPS) is 23.6. The number of amides is 1. The number of carbonyl (C=O) groups excluding carboxylic acids is 1. The van der Waals surface area contributed by atoms with Crippen LogP contribution in [0.2, 0.25) is 0 Å². The predicted molar refractivity (Wildman–Crippen MR) is 86.9 cm³/mol. The second kappa shape index (κ2) is 5.63. The lowest BCUT2D eigenvalue weighted by molar-refractivity contribution is -0.145. The highest BCUT2D eigenvalue weighted by Gasteiger charge is 2.55. The molecule has 9 heteroatoms. The second-order valence-corrected chi connectivity index (χ2v) is 7.14. The Morgan fingerprint density at radius 2 is 2.04 bits per heavy atom. The van der Waals surface area contributed by atoms with E-state index in [9.17, 15) is 14.7 Å². The average Bonchev–Trinajstić information content (AvgIpc) is 3.09. The van der Waals surface area contributed by atoms with E-state index in [2.05, 4.69) is 14.3 Å². The van der Waals surface area contributed by atoms with E-state index in [4.69, 9.17) is 0 Å². The van der Waals surface area contributed by atoms with Crippen molar-refractivity contribution in [1.82, 2.24) is 14.3 Å². The first-order valence-corrected chi connectivity index (χ1v) is 8.38. The van der Waals surface area contributed by atoms with Crippen LogP contribution >= 0.6 is 11.5 Å². The van der Waals surface area contributed by atoms with Gasteiger partial charge >= 0.3 is 5.97 Å². The maximum absolute atomic E-state index is 12.0. The number of carboxylic acids is 1. The zero-order chi connectivity index (χ0) is 16.8. The van der Waals surface area contributed by atoms with E-state index in [1.54, 1.807) is 11.9 Å². The highest BCUT2D eigenvalue weighted by atomic mass is 32.1. The Balaban J connectivity index is 1.76. The molecule has 2 fully saturated rings. The molecule has 1 aromatic heterocycles. The van der Waals surface area contributed by atoms with Crippen LogP contribution in [0.5, 0.6) is 0 Å². The van der Waals surface area contributed by atoms with Gasteiger partial charge < -0.3 is 19.8 Å². The standard InChI is InChI=1S/C14H21N5O3S/c1-17(2)12-15-13(23-16-12)19-6-4-14(5-7-19)9(11(21)22)8-10(20)18(14)3/h9H,4-8H2,1-3H3,(H,21,22)/t9-/m1/s1. The van der Waals surface area contributed by atoms with Gasteiger partial charge in [0.05, 0.1) is 11.5 Å². The van der Waals surface area contributed by atoms with E-state index in [0.29, 0.717) is 31.9 Å². The van der Waals surface area contributed by atoms with Crippen molar-refractivity contribution in [3.8, 4) is 0 Å². The number of likely N-dealkylation sites (tertiary alicyclic amines) is 1. The van der Waals surface area contributed by atoms with Crippen LogP contribution in [0, 0.1) is 5.92 Å². The summed E-state index contributed by atoms with van der Waals surface area (Å²) in [6.07, 6.45) is 1.39. The van der Waals surface area contributed by atoms with Crippen molar-refractivity contribution < 1.29 is 14.7 Å². The highest BCUT2D eigenvalue weighted by molar-refractivity contribution is 7.09. The van der Waals surface area contributed by atoms with Gasteiger partial charge in [-0.2, -0.15) is 9.36 Å². The monoisotopic (exact) mass is 339 g/mol. The summed E-state index contributed by atoms with van der Waals surface area (Å²) < 4.78 is 4.31. The third-order valence-corrected chi connectivity index (χ3v) is 5.84. The van der Waals surface area contributed by atoms with Crippen LogP contribution < -0.4 is 9.80 Å². The lowest BCUT2D eigenvalue weighted by Gasteiger charge is -2.45. The molecule has 1 N–H and O–H groups in total. The van der Waals surface area contributed by atoms with Gasteiger partial charge in [0.15, 0.2) is 0 Å². The van der Waals surface area contributed by atoms with Crippen LogP contribution in [0.1, 0.15) is 19.3 Å². The molecule has 0 bridgehead atoms. The van der Waals surface area contributed by atoms with E-state index in [-0.39, 0.29) is 12.3 Å². The van der Waals surface area contributed by atoms with Gasteiger partial charge in [-0.3, -0.25) is 9.59 Å². The summed E-state index contributed by atoms with van der Waals surface area (Å²) in [4.78, 5) is 33.7. The Morgan fingerprint density at radius 3 is 2.57 bits per heavy atom. The van der Waals surface area contributed by atoms with Crippen molar-refractivity contribution in [2.24, 2.45) is 5.92 Å². The summed E-state index contributed by atoms with van der Waals surface area (Å²) in [7, 11) is 5.53. The minimum Gasteiger partial charge on any atom is -0.481 e. The minimum atomic E-state index is -0.873. The smallest absolute Gasteiger partial charge is 0.309 e. The van der Waals surface area contributed by atoms with Gasteiger partial charge in [-0.15, -0.1) is 0 Å². The number of nitrogens with zero attached hydrogens (tertiary/aromatic N) is 5. The van der Waals surface area contributed by atoms with Gasteiger partial charge in [0.2, 0.25) is 17.0 Å². The summed E-state index contributed by atoms with van der Waals surface area (Å²) in [6, 6.07) is 0. The van der Waals surface area contributed by atoms with Gasteiger partial charge in [-0.1, -0.05) is 0 Å². The van der Waals surface area contributed by atoms with Crippen molar-refractivity contribution in [2.75, 3.05) is 44.0 Å². The van der Waals surface area contributed by atoms with Crippen molar-refractivity contribution in [3.63, 3.8) is 0 Å². The summed E-state index contributed by atoms with van der Waals surface area (Å²) in [5.74, 6) is -0.880. The fraction of sp³-hybridized carbons (Fsp3) is 0.714. The molecule has 23 heavy (non-hydrogen) atoms. The fourth-order valence-electron chi connectivity index (χ4n) is 3.59. The van der Waals surface area contributed by atoms with E-state index < -0.39 is 17.4 Å². The Morgan fingerprint density at radius 1 is 1.39 bits per heavy atom. The second-order valence-electron chi connectivity index (χ2n) is 6.41. The van der Waals surface area contributed by atoms with Crippen molar-refractivity contribution >= 4 is 34.5 Å². The first kappa shape index (κ1) is 16.0. The number of carboxylic acid groups (broad SMARTS) is 1. The van der Waals surface area contributed by atoms with E-state index in [0.717, 1.165) is 5.13 Å². The first-order valence-electron chi connectivity index (χ1n) is 7.60. The van der Waals surface area contributed by atoms with Gasteiger partial charge in [0.25, 0.3) is 0 Å². The van der Waals surface area contributed by atoms with Crippen LogP contribution in [0.4, 0.5) is 11.1 Å². The Hall–Kier alpha value is -1.90. The van der Waals surface area contributed by atoms with Gasteiger partial charge in [0, 0.05) is 52.2 Å². The van der Waals surface area contributed by atoms with Crippen molar-refractivity contribution in [1.29, 1.82) is 0 Å². The Labute approximate surface area is 138 Å². The van der Waals surface area contributed by atoms with Gasteiger partial charge in [-0.05, 0) is 12.8 Å². The van der Waals surface area contributed by atoms with Crippen LogP contribution in [-0.2, 0) is 9.59 Å². The number of aromatic nitrogens is 2. The molecule has 0 saturated carbocycles. The van der Waals surface area contributed by atoms with E-state index >= 15 is 0 Å². The average molecular weight is 339 g/mol. The molecule has 8 nitrogen and oxygen atoms in total. The van der Waals surface area contributed by atoms with Crippen LogP contribution in [-0.4, -0.2) is 71.0 Å². The molecule has 1 spiro atoms.